The number of hydrogen-bond donors (Lipinski definition) is 1. The number of anilines is 1. The van der Waals surface area contributed by atoms with Crippen molar-refractivity contribution in [3.8, 4) is 22.6 Å². The van der Waals surface area contributed by atoms with Crippen molar-refractivity contribution in [3.05, 3.63) is 78.2 Å². The van der Waals surface area contributed by atoms with Gasteiger partial charge < -0.3 is 15.2 Å². The zero-order chi connectivity index (χ0) is 22.5. The largest absolute Gasteiger partial charge is 0.454 e. The van der Waals surface area contributed by atoms with Crippen molar-refractivity contribution in [3.63, 3.8) is 0 Å². The van der Waals surface area contributed by atoms with Gasteiger partial charge in [0.25, 0.3) is 5.91 Å². The minimum Gasteiger partial charge on any atom is -0.454 e. The molecule has 8 heteroatoms. The SMILES string of the molecule is Nc1nc(C(=O)n2cc3ccccc3c2)c2cc(-c3cc4c(cc3C=O)OCO4)ccc2n1. The second-order valence-corrected chi connectivity index (χ2v) is 7.67. The molecule has 0 fully saturated rings. The number of aldehydes is 1. The first-order valence-electron chi connectivity index (χ1n) is 10.2. The van der Waals surface area contributed by atoms with E-state index in [2.05, 4.69) is 9.97 Å². The van der Waals surface area contributed by atoms with E-state index in [1.165, 1.54) is 4.57 Å². The van der Waals surface area contributed by atoms with Gasteiger partial charge in [-0.25, -0.2) is 9.97 Å². The van der Waals surface area contributed by atoms with Crippen LogP contribution in [0.4, 0.5) is 5.95 Å². The molecule has 1 aliphatic heterocycles. The van der Waals surface area contributed by atoms with E-state index < -0.39 is 0 Å². The third-order valence-corrected chi connectivity index (χ3v) is 5.69. The Labute approximate surface area is 187 Å². The minimum absolute atomic E-state index is 0.00645. The summed E-state index contributed by atoms with van der Waals surface area (Å²) < 4.78 is 12.3. The Hall–Kier alpha value is -4.72. The molecule has 3 heterocycles. The Morgan fingerprint density at radius 1 is 0.970 bits per heavy atom. The number of fused-ring (bicyclic) bond motifs is 3. The summed E-state index contributed by atoms with van der Waals surface area (Å²) >= 11 is 0. The van der Waals surface area contributed by atoms with Crippen LogP contribution in [0.15, 0.2) is 67.0 Å². The summed E-state index contributed by atoms with van der Waals surface area (Å²) in [4.78, 5) is 33.7. The van der Waals surface area contributed by atoms with Crippen LogP contribution in [0.25, 0.3) is 32.8 Å². The van der Waals surface area contributed by atoms with Gasteiger partial charge in [-0.2, -0.15) is 0 Å². The topological polar surface area (TPSA) is 109 Å². The van der Waals surface area contributed by atoms with Crippen molar-refractivity contribution in [1.82, 2.24) is 14.5 Å². The van der Waals surface area contributed by atoms with Crippen LogP contribution in [0.5, 0.6) is 11.5 Å². The van der Waals surface area contributed by atoms with Gasteiger partial charge in [0, 0.05) is 23.3 Å². The molecule has 3 aromatic carbocycles. The fourth-order valence-corrected chi connectivity index (χ4v) is 4.10. The van der Waals surface area contributed by atoms with Crippen LogP contribution in [0.1, 0.15) is 20.8 Å². The molecule has 5 aromatic rings. The van der Waals surface area contributed by atoms with Gasteiger partial charge in [-0.05, 0) is 46.2 Å². The van der Waals surface area contributed by atoms with Gasteiger partial charge in [0.1, 0.15) is 5.69 Å². The summed E-state index contributed by atoms with van der Waals surface area (Å²) in [5.74, 6) is 0.753. The maximum Gasteiger partial charge on any atom is 0.281 e. The Morgan fingerprint density at radius 2 is 1.70 bits per heavy atom. The van der Waals surface area contributed by atoms with Gasteiger partial charge in [-0.1, -0.05) is 30.3 Å². The van der Waals surface area contributed by atoms with Crippen LogP contribution >= 0.6 is 0 Å². The van der Waals surface area contributed by atoms with Gasteiger partial charge in [0.2, 0.25) is 12.7 Å². The normalized spacial score (nSPS) is 12.4. The molecule has 6 rings (SSSR count). The standard InChI is InChI=1S/C25H16N4O4/c26-25-27-20-6-5-14(18-9-22-21(32-13-33-22)8-17(18)12-30)7-19(20)23(28-25)24(31)29-10-15-3-1-2-4-16(15)11-29/h1-12H,13H2,(H2,26,27,28). The van der Waals surface area contributed by atoms with Crippen LogP contribution in [0, 0.1) is 0 Å². The van der Waals surface area contributed by atoms with Crippen LogP contribution in [0.3, 0.4) is 0 Å². The van der Waals surface area contributed by atoms with Crippen molar-refractivity contribution in [2.45, 2.75) is 0 Å². The number of aromatic nitrogens is 3. The summed E-state index contributed by atoms with van der Waals surface area (Å²) in [5, 5.41) is 2.40. The molecule has 2 N–H and O–H groups in total. The van der Waals surface area contributed by atoms with Crippen molar-refractivity contribution in [1.29, 1.82) is 0 Å². The molecule has 0 radical (unpaired) electrons. The van der Waals surface area contributed by atoms with E-state index in [4.69, 9.17) is 15.2 Å². The van der Waals surface area contributed by atoms with Crippen molar-refractivity contribution < 1.29 is 19.1 Å². The van der Waals surface area contributed by atoms with Crippen molar-refractivity contribution in [2.75, 3.05) is 12.5 Å². The van der Waals surface area contributed by atoms with Crippen LogP contribution < -0.4 is 15.2 Å². The molecule has 0 saturated carbocycles. The molecule has 0 spiro atoms. The molecule has 2 aromatic heterocycles. The monoisotopic (exact) mass is 436 g/mol. The predicted octanol–water partition coefficient (Wildman–Crippen LogP) is 4.06. The molecule has 0 unspecified atom stereocenters. The molecule has 33 heavy (non-hydrogen) atoms. The second kappa shape index (κ2) is 7.16. The fraction of sp³-hybridized carbons (Fsp3) is 0.0400. The highest BCUT2D eigenvalue weighted by atomic mass is 16.7. The summed E-state index contributed by atoms with van der Waals surface area (Å²) in [6, 6.07) is 16.5. The first kappa shape index (κ1) is 19.0. The second-order valence-electron chi connectivity index (χ2n) is 7.67. The average molecular weight is 436 g/mol. The van der Waals surface area contributed by atoms with E-state index in [-0.39, 0.29) is 24.3 Å². The first-order valence-corrected chi connectivity index (χ1v) is 10.2. The zero-order valence-electron chi connectivity index (χ0n) is 17.2. The number of carbonyl (C=O) groups excluding carboxylic acids is 2. The third kappa shape index (κ3) is 3.08. The van der Waals surface area contributed by atoms with E-state index in [0.717, 1.165) is 17.1 Å². The lowest BCUT2D eigenvalue weighted by molar-refractivity contribution is 0.0957. The quantitative estimate of drug-likeness (QED) is 0.425. The lowest BCUT2D eigenvalue weighted by Gasteiger charge is -2.11. The Kier molecular flexibility index (Phi) is 4.13. The highest BCUT2D eigenvalue weighted by Gasteiger charge is 2.21. The molecule has 8 nitrogen and oxygen atoms in total. The molecule has 0 amide bonds. The summed E-state index contributed by atoms with van der Waals surface area (Å²) in [7, 11) is 0. The van der Waals surface area contributed by atoms with E-state index >= 15 is 0 Å². The summed E-state index contributed by atoms with van der Waals surface area (Å²) in [5.41, 5.74) is 8.42. The number of nitrogens with two attached hydrogens (primary N) is 1. The number of benzene rings is 3. The average Bonchev–Trinajstić information content (AvgIpc) is 3.48. The minimum atomic E-state index is -0.330. The fourth-order valence-electron chi connectivity index (χ4n) is 4.10. The van der Waals surface area contributed by atoms with E-state index in [9.17, 15) is 9.59 Å². The van der Waals surface area contributed by atoms with E-state index in [0.29, 0.717) is 39.1 Å². The van der Waals surface area contributed by atoms with Gasteiger partial charge in [-0.3, -0.25) is 14.2 Å². The molecule has 160 valence electrons. The molecule has 0 bridgehead atoms. The van der Waals surface area contributed by atoms with Crippen LogP contribution in [-0.2, 0) is 0 Å². The Morgan fingerprint density at radius 3 is 2.42 bits per heavy atom. The summed E-state index contributed by atoms with van der Waals surface area (Å²) in [6.45, 7) is 0.103. The summed E-state index contributed by atoms with van der Waals surface area (Å²) in [6.07, 6.45) is 4.28. The first-order chi connectivity index (χ1) is 16.1. The van der Waals surface area contributed by atoms with Crippen molar-refractivity contribution >= 4 is 39.8 Å². The molecule has 0 atom stereocenters. The molecule has 1 aliphatic rings. The lowest BCUT2D eigenvalue weighted by atomic mass is 9.97. The predicted molar refractivity (Wildman–Crippen MR) is 123 cm³/mol. The Balaban J connectivity index is 1.53. The number of carbonyl (C=O) groups is 2. The smallest absolute Gasteiger partial charge is 0.281 e. The number of nitrogen functional groups attached to an aromatic ring is 1. The maximum absolute atomic E-state index is 13.4. The maximum atomic E-state index is 13.4. The van der Waals surface area contributed by atoms with Crippen LogP contribution in [-0.4, -0.2) is 33.5 Å². The Bertz CT molecular complexity index is 1570. The molecular weight excluding hydrogens is 420 g/mol. The highest BCUT2D eigenvalue weighted by molar-refractivity contribution is 6.08. The zero-order valence-corrected chi connectivity index (χ0v) is 17.2. The van der Waals surface area contributed by atoms with E-state index in [1.807, 2.05) is 30.3 Å². The molecule has 0 saturated heterocycles. The van der Waals surface area contributed by atoms with Gasteiger partial charge in [0.15, 0.2) is 17.8 Å². The van der Waals surface area contributed by atoms with Crippen LogP contribution in [0.2, 0.25) is 0 Å². The molecular formula is C25H16N4O4. The van der Waals surface area contributed by atoms with Gasteiger partial charge >= 0.3 is 0 Å². The highest BCUT2D eigenvalue weighted by Crippen LogP contribution is 2.39. The van der Waals surface area contributed by atoms with Crippen molar-refractivity contribution in [2.24, 2.45) is 0 Å². The van der Waals surface area contributed by atoms with Gasteiger partial charge in [0.05, 0.1) is 5.52 Å². The number of ether oxygens (including phenoxy) is 2. The van der Waals surface area contributed by atoms with E-state index in [1.54, 1.807) is 36.7 Å². The number of rotatable bonds is 3. The molecule has 0 aliphatic carbocycles. The third-order valence-electron chi connectivity index (χ3n) is 5.69. The van der Waals surface area contributed by atoms with Gasteiger partial charge in [-0.15, -0.1) is 0 Å². The number of nitrogens with zero attached hydrogens (tertiary/aromatic N) is 3. The number of hydrogen-bond acceptors (Lipinski definition) is 7. The lowest BCUT2D eigenvalue weighted by Crippen LogP contribution is -2.14.